The highest BCUT2D eigenvalue weighted by atomic mass is 35.5. The monoisotopic (exact) mass is 314 g/mol. The number of halogens is 2. The molecule has 21 heavy (non-hydrogen) atoms. The number of nitrogens with zero attached hydrogens (tertiary/aromatic N) is 1. The fourth-order valence-corrected chi connectivity index (χ4v) is 2.77. The third-order valence-electron chi connectivity index (χ3n) is 3.93. The van der Waals surface area contributed by atoms with Crippen LogP contribution in [-0.2, 0) is 11.2 Å². The van der Waals surface area contributed by atoms with Crippen molar-refractivity contribution in [2.75, 3.05) is 13.1 Å². The summed E-state index contributed by atoms with van der Waals surface area (Å²) in [5.74, 6) is 0.485. The summed E-state index contributed by atoms with van der Waals surface area (Å²) in [6.45, 7) is 3.39. The molecule has 3 nitrogen and oxygen atoms in total. The molecule has 1 saturated heterocycles. The predicted molar refractivity (Wildman–Crippen MR) is 84.9 cm³/mol. The van der Waals surface area contributed by atoms with Crippen LogP contribution in [0.15, 0.2) is 24.3 Å². The maximum atomic E-state index is 13.6. The second-order valence-corrected chi connectivity index (χ2v) is 5.80. The molecule has 1 fully saturated rings. The van der Waals surface area contributed by atoms with Gasteiger partial charge in [-0.2, -0.15) is 0 Å². The van der Waals surface area contributed by atoms with Crippen molar-refractivity contribution in [1.82, 2.24) is 4.90 Å². The summed E-state index contributed by atoms with van der Waals surface area (Å²) in [5, 5.41) is 0. The first kappa shape index (κ1) is 17.9. The van der Waals surface area contributed by atoms with E-state index in [1.54, 1.807) is 6.07 Å². The summed E-state index contributed by atoms with van der Waals surface area (Å²) in [7, 11) is 0. The van der Waals surface area contributed by atoms with E-state index in [1.807, 2.05) is 24.0 Å². The third-order valence-corrected chi connectivity index (χ3v) is 3.93. The SMILES string of the molecule is CC(N)CC(=O)N1CCC(Cc2ccccc2F)CC1.Cl. The van der Waals surface area contributed by atoms with Crippen LogP contribution in [0.25, 0.3) is 0 Å². The highest BCUT2D eigenvalue weighted by molar-refractivity contribution is 5.85. The lowest BCUT2D eigenvalue weighted by molar-refractivity contribution is -0.132. The maximum absolute atomic E-state index is 13.6. The van der Waals surface area contributed by atoms with Gasteiger partial charge in [-0.1, -0.05) is 18.2 Å². The van der Waals surface area contributed by atoms with Crippen molar-refractivity contribution in [1.29, 1.82) is 0 Å². The van der Waals surface area contributed by atoms with Crippen LogP contribution in [0.3, 0.4) is 0 Å². The Labute approximate surface area is 132 Å². The Morgan fingerprint density at radius 1 is 1.38 bits per heavy atom. The molecular formula is C16H24ClFN2O. The van der Waals surface area contributed by atoms with Crippen LogP contribution in [0.1, 0.15) is 31.7 Å². The summed E-state index contributed by atoms with van der Waals surface area (Å²) in [4.78, 5) is 13.8. The van der Waals surface area contributed by atoms with Crippen molar-refractivity contribution in [3.63, 3.8) is 0 Å². The van der Waals surface area contributed by atoms with Crippen LogP contribution in [0.4, 0.5) is 4.39 Å². The number of rotatable bonds is 4. The van der Waals surface area contributed by atoms with Crippen LogP contribution in [0.5, 0.6) is 0 Å². The van der Waals surface area contributed by atoms with E-state index < -0.39 is 0 Å². The number of hydrogen-bond donors (Lipinski definition) is 1. The molecule has 1 unspecified atom stereocenters. The van der Waals surface area contributed by atoms with Crippen LogP contribution < -0.4 is 5.73 Å². The minimum Gasteiger partial charge on any atom is -0.343 e. The van der Waals surface area contributed by atoms with E-state index in [1.165, 1.54) is 6.07 Å². The zero-order valence-electron chi connectivity index (χ0n) is 12.4. The Hall–Kier alpha value is -1.13. The molecule has 1 aliphatic heterocycles. The summed E-state index contributed by atoms with van der Waals surface area (Å²) in [6.07, 6.45) is 3.07. The van der Waals surface area contributed by atoms with Crippen molar-refractivity contribution < 1.29 is 9.18 Å². The van der Waals surface area contributed by atoms with E-state index in [0.29, 0.717) is 12.3 Å². The first-order chi connectivity index (χ1) is 9.56. The first-order valence-electron chi connectivity index (χ1n) is 7.33. The number of carbonyl (C=O) groups excluding carboxylic acids is 1. The fraction of sp³-hybridized carbons (Fsp3) is 0.562. The molecule has 1 aromatic carbocycles. The number of benzene rings is 1. The Morgan fingerprint density at radius 2 is 2.00 bits per heavy atom. The van der Waals surface area contributed by atoms with Gasteiger partial charge in [0.25, 0.3) is 0 Å². The molecule has 1 amide bonds. The molecule has 2 rings (SSSR count). The molecule has 2 N–H and O–H groups in total. The van der Waals surface area contributed by atoms with Crippen molar-refractivity contribution in [3.05, 3.63) is 35.6 Å². The van der Waals surface area contributed by atoms with Gasteiger partial charge in [0.15, 0.2) is 0 Å². The van der Waals surface area contributed by atoms with E-state index in [0.717, 1.165) is 37.9 Å². The van der Waals surface area contributed by atoms with Gasteiger partial charge in [-0.15, -0.1) is 12.4 Å². The Bertz CT molecular complexity index is 459. The van der Waals surface area contributed by atoms with Crippen molar-refractivity contribution in [2.24, 2.45) is 11.7 Å². The van der Waals surface area contributed by atoms with Gasteiger partial charge in [0.2, 0.25) is 5.91 Å². The Balaban J connectivity index is 0.00000220. The second-order valence-electron chi connectivity index (χ2n) is 5.80. The van der Waals surface area contributed by atoms with Gasteiger partial charge in [0, 0.05) is 25.6 Å². The first-order valence-corrected chi connectivity index (χ1v) is 7.33. The summed E-state index contributed by atoms with van der Waals surface area (Å²) in [6, 6.07) is 6.87. The number of hydrogen-bond acceptors (Lipinski definition) is 2. The average molecular weight is 315 g/mol. The van der Waals surface area contributed by atoms with E-state index in [2.05, 4.69) is 0 Å². The standard InChI is InChI=1S/C16H23FN2O.ClH/c1-12(18)10-16(20)19-8-6-13(7-9-19)11-14-4-2-3-5-15(14)17;/h2-5,12-13H,6-11,18H2,1H3;1H. The number of carbonyl (C=O) groups is 1. The average Bonchev–Trinajstić information content (AvgIpc) is 2.41. The lowest BCUT2D eigenvalue weighted by atomic mass is 9.90. The van der Waals surface area contributed by atoms with Gasteiger partial charge in [0.1, 0.15) is 5.82 Å². The van der Waals surface area contributed by atoms with Crippen molar-refractivity contribution >= 4 is 18.3 Å². The van der Waals surface area contributed by atoms with Crippen LogP contribution >= 0.6 is 12.4 Å². The lowest BCUT2D eigenvalue weighted by Gasteiger charge is -2.32. The van der Waals surface area contributed by atoms with Crippen LogP contribution in [0.2, 0.25) is 0 Å². The smallest absolute Gasteiger partial charge is 0.224 e. The molecule has 1 aliphatic rings. The second kappa shape index (κ2) is 8.35. The molecule has 0 radical (unpaired) electrons. The molecule has 0 spiro atoms. The van der Waals surface area contributed by atoms with Gasteiger partial charge in [-0.05, 0) is 43.7 Å². The van der Waals surface area contributed by atoms with Gasteiger partial charge in [-0.3, -0.25) is 4.79 Å². The number of likely N-dealkylation sites (tertiary alicyclic amines) is 1. The van der Waals surface area contributed by atoms with E-state index in [-0.39, 0.29) is 30.2 Å². The molecule has 1 heterocycles. The van der Waals surface area contributed by atoms with Crippen molar-refractivity contribution in [2.45, 2.75) is 38.6 Å². The quantitative estimate of drug-likeness (QED) is 0.929. The van der Waals surface area contributed by atoms with E-state index in [9.17, 15) is 9.18 Å². The Kier molecular flexibility index (Phi) is 7.12. The molecule has 1 aromatic rings. The number of amides is 1. The number of piperidine rings is 1. The molecule has 118 valence electrons. The molecule has 0 aliphatic carbocycles. The van der Waals surface area contributed by atoms with E-state index in [4.69, 9.17) is 5.73 Å². The largest absolute Gasteiger partial charge is 0.343 e. The third kappa shape index (κ3) is 5.29. The molecule has 0 saturated carbocycles. The van der Waals surface area contributed by atoms with Gasteiger partial charge >= 0.3 is 0 Å². The minimum atomic E-state index is -0.122. The summed E-state index contributed by atoms with van der Waals surface area (Å²) < 4.78 is 13.6. The van der Waals surface area contributed by atoms with Crippen LogP contribution in [0, 0.1) is 11.7 Å². The molecule has 0 aromatic heterocycles. The zero-order valence-corrected chi connectivity index (χ0v) is 13.2. The lowest BCUT2D eigenvalue weighted by Crippen LogP contribution is -2.40. The van der Waals surface area contributed by atoms with Gasteiger partial charge in [0.05, 0.1) is 0 Å². The van der Waals surface area contributed by atoms with E-state index >= 15 is 0 Å². The topological polar surface area (TPSA) is 46.3 Å². The molecule has 5 heteroatoms. The zero-order chi connectivity index (χ0) is 14.5. The summed E-state index contributed by atoms with van der Waals surface area (Å²) in [5.41, 5.74) is 6.44. The Morgan fingerprint density at radius 3 is 2.57 bits per heavy atom. The van der Waals surface area contributed by atoms with Crippen LogP contribution in [-0.4, -0.2) is 29.9 Å². The van der Waals surface area contributed by atoms with Crippen molar-refractivity contribution in [3.8, 4) is 0 Å². The molecular weight excluding hydrogens is 291 g/mol. The van der Waals surface area contributed by atoms with Gasteiger partial charge in [-0.25, -0.2) is 4.39 Å². The normalized spacial score (nSPS) is 17.2. The molecule has 0 bridgehead atoms. The van der Waals surface area contributed by atoms with Gasteiger partial charge < -0.3 is 10.6 Å². The fourth-order valence-electron chi connectivity index (χ4n) is 2.77. The maximum Gasteiger partial charge on any atom is 0.224 e. The highest BCUT2D eigenvalue weighted by Crippen LogP contribution is 2.23. The summed E-state index contributed by atoms with van der Waals surface area (Å²) >= 11 is 0. The number of nitrogens with two attached hydrogens (primary N) is 1. The molecule has 1 atom stereocenters. The highest BCUT2D eigenvalue weighted by Gasteiger charge is 2.23. The minimum absolute atomic E-state index is 0. The predicted octanol–water partition coefficient (Wildman–Crippen LogP) is 2.77.